The Labute approximate surface area is 81.3 Å². The van der Waals surface area contributed by atoms with Gasteiger partial charge in [0.15, 0.2) is 0 Å². The van der Waals surface area contributed by atoms with Gasteiger partial charge in [-0.15, -0.1) is 0 Å². The zero-order valence-corrected chi connectivity index (χ0v) is 8.80. The third kappa shape index (κ3) is 3.45. The summed E-state index contributed by atoms with van der Waals surface area (Å²) in [6.45, 7) is 6.42. The van der Waals surface area contributed by atoms with Gasteiger partial charge in [0.05, 0.1) is 0 Å². The molecule has 0 unspecified atom stereocenters. The number of aryl methyl sites for hydroxylation is 2. The second kappa shape index (κ2) is 4.86. The fourth-order valence-corrected chi connectivity index (χ4v) is 1.24. The molecule has 0 saturated carbocycles. The normalized spacial score (nSPS) is 11.8. The molecular formula is C13H18. The molecule has 0 heteroatoms. The topological polar surface area (TPSA) is 0 Å². The van der Waals surface area contributed by atoms with Crippen LogP contribution < -0.4 is 0 Å². The maximum absolute atomic E-state index is 2.22. The van der Waals surface area contributed by atoms with Crippen LogP contribution in [0, 0.1) is 6.92 Å². The smallest absolute Gasteiger partial charge is 0.0242 e. The van der Waals surface area contributed by atoms with Crippen molar-refractivity contribution in [2.45, 2.75) is 33.6 Å². The number of allylic oxidation sites excluding steroid dienone is 2. The molecule has 0 radical (unpaired) electrons. The van der Waals surface area contributed by atoms with Crippen molar-refractivity contribution < 1.29 is 0 Å². The van der Waals surface area contributed by atoms with Crippen molar-refractivity contribution in [2.24, 2.45) is 0 Å². The Bertz CT molecular complexity index is 277. The lowest BCUT2D eigenvalue weighted by atomic mass is 10.0. The predicted molar refractivity (Wildman–Crippen MR) is 58.9 cm³/mol. The Hall–Kier alpha value is -1.04. The van der Waals surface area contributed by atoms with Crippen LogP contribution in [-0.2, 0) is 6.42 Å². The monoisotopic (exact) mass is 174 g/mol. The standard InChI is InChI=1S/C13H18/c1-4-11(2)5-8-13-9-6-12(3)7-10-13/h4,6-7,9-10H,5,8H2,1-3H3/b11-4-. The SMILES string of the molecule is C/C=C(/C)CCc1ccc(C)cc1. The average Bonchev–Trinajstić information content (AvgIpc) is 2.16. The third-order valence-electron chi connectivity index (χ3n) is 2.42. The average molecular weight is 174 g/mol. The van der Waals surface area contributed by atoms with Crippen molar-refractivity contribution in [1.82, 2.24) is 0 Å². The van der Waals surface area contributed by atoms with Crippen LogP contribution in [0.3, 0.4) is 0 Å². The predicted octanol–water partition coefficient (Wildman–Crippen LogP) is 3.89. The molecular weight excluding hydrogens is 156 g/mol. The van der Waals surface area contributed by atoms with E-state index < -0.39 is 0 Å². The summed E-state index contributed by atoms with van der Waals surface area (Å²) < 4.78 is 0. The zero-order chi connectivity index (χ0) is 9.68. The van der Waals surface area contributed by atoms with Gasteiger partial charge in [0.25, 0.3) is 0 Å². The van der Waals surface area contributed by atoms with E-state index in [9.17, 15) is 0 Å². The third-order valence-corrected chi connectivity index (χ3v) is 2.42. The molecule has 0 amide bonds. The molecule has 0 bridgehead atoms. The second-order valence-corrected chi connectivity index (χ2v) is 3.62. The van der Waals surface area contributed by atoms with E-state index in [0.29, 0.717) is 0 Å². The van der Waals surface area contributed by atoms with Crippen LogP contribution in [0.5, 0.6) is 0 Å². The van der Waals surface area contributed by atoms with Crippen LogP contribution in [0.25, 0.3) is 0 Å². The molecule has 1 aromatic carbocycles. The molecule has 70 valence electrons. The van der Waals surface area contributed by atoms with Gasteiger partial charge in [-0.05, 0) is 39.2 Å². The molecule has 0 nitrogen and oxygen atoms in total. The minimum atomic E-state index is 1.16. The minimum Gasteiger partial charge on any atom is -0.0887 e. The molecule has 0 fully saturated rings. The first kappa shape index (κ1) is 10.0. The molecule has 13 heavy (non-hydrogen) atoms. The fourth-order valence-electron chi connectivity index (χ4n) is 1.24. The van der Waals surface area contributed by atoms with Crippen LogP contribution in [-0.4, -0.2) is 0 Å². The highest BCUT2D eigenvalue weighted by atomic mass is 14.0. The lowest BCUT2D eigenvalue weighted by Gasteiger charge is -2.01. The summed E-state index contributed by atoms with van der Waals surface area (Å²) in [5, 5.41) is 0. The quantitative estimate of drug-likeness (QED) is 0.610. The number of rotatable bonds is 3. The van der Waals surface area contributed by atoms with Crippen molar-refractivity contribution in [2.75, 3.05) is 0 Å². The van der Waals surface area contributed by atoms with Crippen LogP contribution in [0.1, 0.15) is 31.4 Å². The summed E-state index contributed by atoms with van der Waals surface area (Å²) in [5.41, 5.74) is 4.25. The van der Waals surface area contributed by atoms with E-state index in [0.717, 1.165) is 6.42 Å². The zero-order valence-electron chi connectivity index (χ0n) is 8.80. The van der Waals surface area contributed by atoms with E-state index in [1.807, 2.05) is 0 Å². The molecule has 0 aliphatic heterocycles. The Kier molecular flexibility index (Phi) is 3.75. The Balaban J connectivity index is 2.51. The lowest BCUT2D eigenvalue weighted by Crippen LogP contribution is -1.86. The summed E-state index contributed by atoms with van der Waals surface area (Å²) in [6, 6.07) is 8.80. The summed E-state index contributed by atoms with van der Waals surface area (Å²) >= 11 is 0. The van der Waals surface area contributed by atoms with E-state index in [-0.39, 0.29) is 0 Å². The van der Waals surface area contributed by atoms with Crippen molar-refractivity contribution in [3.63, 3.8) is 0 Å². The molecule has 0 aromatic heterocycles. The van der Waals surface area contributed by atoms with Gasteiger partial charge in [-0.25, -0.2) is 0 Å². The summed E-state index contributed by atoms with van der Waals surface area (Å²) in [5.74, 6) is 0. The number of benzene rings is 1. The van der Waals surface area contributed by atoms with Crippen molar-refractivity contribution in [3.05, 3.63) is 47.0 Å². The Morgan fingerprint density at radius 2 is 1.85 bits per heavy atom. The molecule has 0 heterocycles. The highest BCUT2D eigenvalue weighted by Gasteiger charge is 1.93. The van der Waals surface area contributed by atoms with E-state index in [4.69, 9.17) is 0 Å². The van der Waals surface area contributed by atoms with Gasteiger partial charge in [-0.1, -0.05) is 41.5 Å². The van der Waals surface area contributed by atoms with Crippen molar-refractivity contribution in [1.29, 1.82) is 0 Å². The summed E-state index contributed by atoms with van der Waals surface area (Å²) in [4.78, 5) is 0. The molecule has 1 rings (SSSR count). The van der Waals surface area contributed by atoms with Crippen LogP contribution in [0.4, 0.5) is 0 Å². The molecule has 1 aromatic rings. The fraction of sp³-hybridized carbons (Fsp3) is 0.385. The summed E-state index contributed by atoms with van der Waals surface area (Å²) in [7, 11) is 0. The van der Waals surface area contributed by atoms with Gasteiger partial charge in [0.1, 0.15) is 0 Å². The first-order valence-electron chi connectivity index (χ1n) is 4.89. The van der Waals surface area contributed by atoms with E-state index in [2.05, 4.69) is 51.1 Å². The van der Waals surface area contributed by atoms with Crippen LogP contribution >= 0.6 is 0 Å². The Morgan fingerprint density at radius 3 is 2.38 bits per heavy atom. The van der Waals surface area contributed by atoms with Gasteiger partial charge < -0.3 is 0 Å². The first-order chi connectivity index (χ1) is 6.22. The van der Waals surface area contributed by atoms with Gasteiger partial charge in [-0.3, -0.25) is 0 Å². The summed E-state index contributed by atoms with van der Waals surface area (Å²) in [6.07, 6.45) is 4.53. The van der Waals surface area contributed by atoms with E-state index in [1.54, 1.807) is 0 Å². The number of hydrogen-bond acceptors (Lipinski definition) is 0. The van der Waals surface area contributed by atoms with Gasteiger partial charge in [0, 0.05) is 0 Å². The van der Waals surface area contributed by atoms with Crippen molar-refractivity contribution in [3.8, 4) is 0 Å². The maximum atomic E-state index is 2.22. The van der Waals surface area contributed by atoms with E-state index >= 15 is 0 Å². The minimum absolute atomic E-state index is 1.16. The molecule has 0 spiro atoms. The van der Waals surface area contributed by atoms with Gasteiger partial charge >= 0.3 is 0 Å². The van der Waals surface area contributed by atoms with E-state index in [1.165, 1.54) is 23.1 Å². The van der Waals surface area contributed by atoms with Crippen molar-refractivity contribution >= 4 is 0 Å². The highest BCUT2D eigenvalue weighted by Crippen LogP contribution is 2.09. The Morgan fingerprint density at radius 1 is 1.23 bits per heavy atom. The van der Waals surface area contributed by atoms with Crippen LogP contribution in [0.15, 0.2) is 35.9 Å². The van der Waals surface area contributed by atoms with Crippen LogP contribution in [0.2, 0.25) is 0 Å². The highest BCUT2D eigenvalue weighted by molar-refractivity contribution is 5.22. The molecule has 0 atom stereocenters. The molecule has 0 saturated heterocycles. The lowest BCUT2D eigenvalue weighted by molar-refractivity contribution is 0.937. The largest absolute Gasteiger partial charge is 0.0887 e. The van der Waals surface area contributed by atoms with Gasteiger partial charge in [-0.2, -0.15) is 0 Å². The molecule has 0 aliphatic carbocycles. The number of hydrogen-bond donors (Lipinski definition) is 0. The first-order valence-corrected chi connectivity index (χ1v) is 4.89. The molecule has 0 aliphatic rings. The maximum Gasteiger partial charge on any atom is -0.0242 e. The second-order valence-electron chi connectivity index (χ2n) is 3.62. The van der Waals surface area contributed by atoms with Gasteiger partial charge in [0.2, 0.25) is 0 Å². The molecule has 0 N–H and O–H groups in total.